The number of hydrogen-bond acceptors (Lipinski definition) is 6. The summed E-state index contributed by atoms with van der Waals surface area (Å²) in [5.74, 6) is 1.32. The molecule has 0 amide bonds. The summed E-state index contributed by atoms with van der Waals surface area (Å²) in [4.78, 5) is 7.82. The van der Waals surface area contributed by atoms with Gasteiger partial charge in [-0.1, -0.05) is 41.6 Å². The third-order valence-electron chi connectivity index (χ3n) is 3.89. The molecule has 1 saturated heterocycles. The van der Waals surface area contributed by atoms with E-state index in [2.05, 4.69) is 27.2 Å². The summed E-state index contributed by atoms with van der Waals surface area (Å²) < 4.78 is 11.3. The van der Waals surface area contributed by atoms with Gasteiger partial charge in [-0.05, 0) is 17.0 Å². The van der Waals surface area contributed by atoms with E-state index >= 15 is 0 Å². The smallest absolute Gasteiger partial charge is 0.241 e. The maximum atomic E-state index is 5.89. The molecule has 1 aromatic carbocycles. The fraction of sp³-hybridized carbons (Fsp3) is 0.294. The van der Waals surface area contributed by atoms with Crippen molar-refractivity contribution in [1.82, 2.24) is 15.0 Å². The number of rotatable bonds is 4. The fourth-order valence-corrected chi connectivity index (χ4v) is 3.38. The number of thiophene rings is 1. The minimum atomic E-state index is 0.102. The molecule has 0 radical (unpaired) electrons. The highest BCUT2D eigenvalue weighted by atomic mass is 32.1. The number of ether oxygens (including phenoxy) is 1. The summed E-state index contributed by atoms with van der Waals surface area (Å²) in [6, 6.07) is 14.3. The van der Waals surface area contributed by atoms with Crippen molar-refractivity contribution in [1.29, 1.82) is 0 Å². The Hall–Kier alpha value is -2.02. The van der Waals surface area contributed by atoms with Gasteiger partial charge in [-0.2, -0.15) is 4.98 Å². The van der Waals surface area contributed by atoms with Crippen LogP contribution in [0.1, 0.15) is 17.6 Å². The predicted octanol–water partition coefficient (Wildman–Crippen LogP) is 3.37. The van der Waals surface area contributed by atoms with Gasteiger partial charge >= 0.3 is 0 Å². The van der Waals surface area contributed by atoms with Crippen molar-refractivity contribution in [2.24, 2.45) is 0 Å². The highest BCUT2D eigenvalue weighted by molar-refractivity contribution is 7.13. The van der Waals surface area contributed by atoms with Gasteiger partial charge < -0.3 is 9.26 Å². The normalized spacial score (nSPS) is 19.0. The molecule has 2 aromatic heterocycles. The second kappa shape index (κ2) is 6.62. The van der Waals surface area contributed by atoms with Gasteiger partial charge in [0.25, 0.3) is 0 Å². The minimum absolute atomic E-state index is 0.102. The van der Waals surface area contributed by atoms with Gasteiger partial charge in [0.05, 0.1) is 24.1 Å². The van der Waals surface area contributed by atoms with Gasteiger partial charge in [0.1, 0.15) is 0 Å². The lowest BCUT2D eigenvalue weighted by Crippen LogP contribution is -2.37. The molecule has 6 heteroatoms. The van der Waals surface area contributed by atoms with E-state index in [4.69, 9.17) is 9.26 Å². The Morgan fingerprint density at radius 2 is 2.09 bits per heavy atom. The number of morpholine rings is 1. The summed E-state index contributed by atoms with van der Waals surface area (Å²) in [7, 11) is 0. The summed E-state index contributed by atoms with van der Waals surface area (Å²) >= 11 is 1.61. The Morgan fingerprint density at radius 3 is 2.91 bits per heavy atom. The summed E-state index contributed by atoms with van der Waals surface area (Å²) in [5.41, 5.74) is 1.21. The van der Waals surface area contributed by atoms with E-state index in [1.54, 1.807) is 11.3 Å². The highest BCUT2D eigenvalue weighted by Gasteiger charge is 2.23. The molecule has 4 rings (SSSR count). The van der Waals surface area contributed by atoms with Crippen molar-refractivity contribution >= 4 is 11.3 Å². The molecule has 1 fully saturated rings. The average Bonchev–Trinajstić information content (AvgIpc) is 3.27. The topological polar surface area (TPSA) is 51.4 Å². The molecule has 5 nitrogen and oxygen atoms in total. The van der Waals surface area contributed by atoms with Crippen LogP contribution in [0.15, 0.2) is 52.4 Å². The zero-order valence-electron chi connectivity index (χ0n) is 12.6. The first-order chi connectivity index (χ1) is 11.4. The van der Waals surface area contributed by atoms with Crippen molar-refractivity contribution in [3.05, 3.63) is 59.3 Å². The van der Waals surface area contributed by atoms with Crippen LogP contribution in [0.4, 0.5) is 0 Å². The predicted molar refractivity (Wildman–Crippen MR) is 88.0 cm³/mol. The minimum Gasteiger partial charge on any atom is -0.371 e. The molecule has 1 unspecified atom stereocenters. The van der Waals surface area contributed by atoms with Gasteiger partial charge in [0.15, 0.2) is 0 Å². The van der Waals surface area contributed by atoms with Crippen molar-refractivity contribution < 1.29 is 9.26 Å². The average molecular weight is 327 g/mol. The van der Waals surface area contributed by atoms with Crippen LogP contribution in [0.3, 0.4) is 0 Å². The standard InChI is InChI=1S/C17H17N3O2S/c1-2-5-13(6-3-1)14-11-20(8-9-21-14)12-16-18-17(19-22-16)15-7-4-10-23-15/h1-7,10,14H,8-9,11-12H2. The largest absolute Gasteiger partial charge is 0.371 e. The maximum Gasteiger partial charge on any atom is 0.241 e. The first-order valence-electron chi connectivity index (χ1n) is 7.64. The van der Waals surface area contributed by atoms with E-state index in [9.17, 15) is 0 Å². The number of nitrogens with zero attached hydrogens (tertiary/aromatic N) is 3. The molecule has 1 aliphatic heterocycles. The molecule has 0 spiro atoms. The molecule has 3 heterocycles. The van der Waals surface area contributed by atoms with E-state index in [-0.39, 0.29) is 6.10 Å². The molecule has 0 aliphatic carbocycles. The zero-order chi connectivity index (χ0) is 15.5. The molecule has 118 valence electrons. The Kier molecular flexibility index (Phi) is 4.19. The Labute approximate surface area is 138 Å². The highest BCUT2D eigenvalue weighted by Crippen LogP contribution is 2.24. The second-order valence-electron chi connectivity index (χ2n) is 5.49. The van der Waals surface area contributed by atoms with E-state index in [1.165, 1.54) is 5.56 Å². The SMILES string of the molecule is c1ccc(C2CN(Cc3nc(-c4cccs4)no3)CCO2)cc1. The van der Waals surface area contributed by atoms with Crippen molar-refractivity contribution in [2.45, 2.75) is 12.6 Å². The zero-order valence-corrected chi connectivity index (χ0v) is 13.4. The van der Waals surface area contributed by atoms with E-state index in [0.717, 1.165) is 18.0 Å². The third-order valence-corrected chi connectivity index (χ3v) is 4.76. The summed E-state index contributed by atoms with van der Waals surface area (Å²) in [6.07, 6.45) is 0.102. The molecule has 1 atom stereocenters. The van der Waals surface area contributed by atoms with Crippen LogP contribution >= 0.6 is 11.3 Å². The van der Waals surface area contributed by atoms with Crippen LogP contribution in [0.2, 0.25) is 0 Å². The van der Waals surface area contributed by atoms with E-state index in [1.807, 2.05) is 35.7 Å². The van der Waals surface area contributed by atoms with Crippen LogP contribution in [0, 0.1) is 0 Å². The fourth-order valence-electron chi connectivity index (χ4n) is 2.73. The van der Waals surface area contributed by atoms with Gasteiger partial charge in [-0.3, -0.25) is 4.90 Å². The second-order valence-corrected chi connectivity index (χ2v) is 6.44. The molecule has 23 heavy (non-hydrogen) atoms. The maximum absolute atomic E-state index is 5.89. The van der Waals surface area contributed by atoms with Crippen LogP contribution in [-0.2, 0) is 11.3 Å². The number of benzene rings is 1. The first-order valence-corrected chi connectivity index (χ1v) is 8.52. The summed E-state index contributed by atoms with van der Waals surface area (Å²) in [6.45, 7) is 3.08. The van der Waals surface area contributed by atoms with Crippen LogP contribution in [0.25, 0.3) is 10.7 Å². The molecule has 0 saturated carbocycles. The van der Waals surface area contributed by atoms with Crippen molar-refractivity contribution in [3.8, 4) is 10.7 Å². The van der Waals surface area contributed by atoms with E-state index in [0.29, 0.717) is 24.9 Å². The lowest BCUT2D eigenvalue weighted by Gasteiger charge is -2.32. The van der Waals surface area contributed by atoms with Gasteiger partial charge in [-0.25, -0.2) is 0 Å². The number of hydrogen-bond donors (Lipinski definition) is 0. The van der Waals surface area contributed by atoms with Crippen molar-refractivity contribution in [3.63, 3.8) is 0 Å². The lowest BCUT2D eigenvalue weighted by molar-refractivity contribution is -0.0355. The molecule has 3 aromatic rings. The van der Waals surface area contributed by atoms with Crippen molar-refractivity contribution in [2.75, 3.05) is 19.7 Å². The quantitative estimate of drug-likeness (QED) is 0.735. The molecule has 0 N–H and O–H groups in total. The monoisotopic (exact) mass is 327 g/mol. The lowest BCUT2D eigenvalue weighted by atomic mass is 10.1. The van der Waals surface area contributed by atoms with Gasteiger partial charge in [-0.15, -0.1) is 11.3 Å². The molecule has 1 aliphatic rings. The van der Waals surface area contributed by atoms with Gasteiger partial charge in [0, 0.05) is 13.1 Å². The molecular weight excluding hydrogens is 310 g/mol. The summed E-state index contributed by atoms with van der Waals surface area (Å²) in [5, 5.41) is 6.08. The Balaban J connectivity index is 1.43. The molecule has 0 bridgehead atoms. The molecular formula is C17H17N3O2S. The third kappa shape index (κ3) is 3.34. The Bertz CT molecular complexity index is 742. The van der Waals surface area contributed by atoms with Gasteiger partial charge in [0.2, 0.25) is 11.7 Å². The van der Waals surface area contributed by atoms with Crippen LogP contribution in [-0.4, -0.2) is 34.7 Å². The van der Waals surface area contributed by atoms with Crippen LogP contribution < -0.4 is 0 Å². The first kappa shape index (κ1) is 14.6. The van der Waals surface area contributed by atoms with Crippen LogP contribution in [0.5, 0.6) is 0 Å². The van der Waals surface area contributed by atoms with E-state index < -0.39 is 0 Å². The number of aromatic nitrogens is 2. The Morgan fingerprint density at radius 1 is 1.17 bits per heavy atom.